The van der Waals surface area contributed by atoms with E-state index in [1.807, 2.05) is 68.4 Å². The molecule has 7 nitrogen and oxygen atoms in total. The van der Waals surface area contributed by atoms with Gasteiger partial charge in [-0.25, -0.2) is 0 Å². The lowest BCUT2D eigenvalue weighted by Gasteiger charge is -2.11. The normalized spacial score (nSPS) is 11.1. The summed E-state index contributed by atoms with van der Waals surface area (Å²) in [6.45, 7) is 4.65. The lowest BCUT2D eigenvalue weighted by Crippen LogP contribution is -2.05. The maximum absolute atomic E-state index is 5.62. The number of ether oxygens (including phenoxy) is 1. The van der Waals surface area contributed by atoms with Crippen molar-refractivity contribution in [3.8, 4) is 22.8 Å². The van der Waals surface area contributed by atoms with Crippen molar-refractivity contribution in [1.29, 1.82) is 0 Å². The minimum absolute atomic E-state index is 0.493. The summed E-state index contributed by atoms with van der Waals surface area (Å²) in [7, 11) is 0. The Morgan fingerprint density at radius 3 is 2.44 bits per heavy atom. The molecule has 36 heavy (non-hydrogen) atoms. The lowest BCUT2D eigenvalue weighted by molar-refractivity contribution is 0.340. The predicted molar refractivity (Wildman–Crippen MR) is 140 cm³/mol. The first-order valence-electron chi connectivity index (χ1n) is 11.9. The van der Waals surface area contributed by atoms with Crippen LogP contribution in [-0.2, 0) is 18.6 Å². The van der Waals surface area contributed by atoms with Gasteiger partial charge in [0.2, 0.25) is 11.7 Å². The molecule has 0 aliphatic heterocycles. The van der Waals surface area contributed by atoms with Gasteiger partial charge in [0.1, 0.15) is 11.6 Å². The molecule has 0 saturated heterocycles. The Bertz CT molecular complexity index is 1410. The van der Waals surface area contributed by atoms with Crippen molar-refractivity contribution in [2.24, 2.45) is 0 Å². The molecule has 8 heteroatoms. The van der Waals surface area contributed by atoms with E-state index < -0.39 is 0 Å². The zero-order valence-corrected chi connectivity index (χ0v) is 21.1. The van der Waals surface area contributed by atoms with Gasteiger partial charge in [0, 0.05) is 17.7 Å². The summed E-state index contributed by atoms with van der Waals surface area (Å²) in [6, 6.07) is 26.4. The fourth-order valence-electron chi connectivity index (χ4n) is 3.95. The fraction of sp³-hybridized carbons (Fsp3) is 0.214. The lowest BCUT2D eigenvalue weighted by atomic mass is 10.1. The molecule has 2 heterocycles. The molecule has 3 aromatic carbocycles. The summed E-state index contributed by atoms with van der Waals surface area (Å²) in [6.07, 6.45) is 1.65. The van der Waals surface area contributed by atoms with Crippen molar-refractivity contribution in [3.05, 3.63) is 102 Å². The average molecular weight is 498 g/mol. The van der Waals surface area contributed by atoms with Crippen LogP contribution in [0.15, 0.2) is 88.5 Å². The Morgan fingerprint density at radius 2 is 1.67 bits per heavy atom. The highest BCUT2D eigenvalue weighted by molar-refractivity contribution is 7.98. The second-order valence-electron chi connectivity index (χ2n) is 8.26. The average Bonchev–Trinajstić information content (AvgIpc) is 3.55. The van der Waals surface area contributed by atoms with Crippen molar-refractivity contribution in [1.82, 2.24) is 24.9 Å². The van der Waals surface area contributed by atoms with Crippen LogP contribution in [0.25, 0.3) is 17.1 Å². The fourth-order valence-corrected chi connectivity index (χ4v) is 4.76. The standard InChI is InChI=1S/C28H27N5O2S/c1-3-34-23-16-14-22(15-17-23)33-25(18-13-21-10-5-4-6-11-21)30-31-28(33)36-19-26-29-27(32-35-26)24-12-8-7-9-20(24)2/h4-12,14-17H,3,13,18-19H2,1-2H3. The molecule has 0 saturated carbocycles. The summed E-state index contributed by atoms with van der Waals surface area (Å²) >= 11 is 1.53. The molecular weight excluding hydrogens is 470 g/mol. The van der Waals surface area contributed by atoms with Gasteiger partial charge >= 0.3 is 0 Å². The molecule has 5 rings (SSSR count). The molecule has 0 radical (unpaired) electrons. The van der Waals surface area contributed by atoms with E-state index in [-0.39, 0.29) is 0 Å². The summed E-state index contributed by atoms with van der Waals surface area (Å²) in [4.78, 5) is 4.60. The van der Waals surface area contributed by atoms with Crippen LogP contribution in [-0.4, -0.2) is 31.5 Å². The summed E-state index contributed by atoms with van der Waals surface area (Å²) in [5.74, 6) is 3.37. The number of hydrogen-bond acceptors (Lipinski definition) is 7. The number of thioether (sulfide) groups is 1. The number of rotatable bonds is 10. The largest absolute Gasteiger partial charge is 0.494 e. The topological polar surface area (TPSA) is 78.9 Å². The monoisotopic (exact) mass is 497 g/mol. The highest BCUT2D eigenvalue weighted by atomic mass is 32.2. The Kier molecular flexibility index (Phi) is 7.42. The number of aromatic nitrogens is 5. The van der Waals surface area contributed by atoms with E-state index in [0.717, 1.165) is 46.4 Å². The van der Waals surface area contributed by atoms with E-state index in [1.165, 1.54) is 17.3 Å². The second-order valence-corrected chi connectivity index (χ2v) is 9.20. The smallest absolute Gasteiger partial charge is 0.237 e. The highest BCUT2D eigenvalue weighted by Crippen LogP contribution is 2.28. The Morgan fingerprint density at radius 1 is 0.889 bits per heavy atom. The summed E-state index contributed by atoms with van der Waals surface area (Å²) in [5.41, 5.74) is 4.33. The van der Waals surface area contributed by atoms with E-state index >= 15 is 0 Å². The van der Waals surface area contributed by atoms with Gasteiger partial charge < -0.3 is 9.26 Å². The molecule has 2 aromatic heterocycles. The number of hydrogen-bond donors (Lipinski definition) is 0. The van der Waals surface area contributed by atoms with Crippen LogP contribution in [0.1, 0.15) is 29.8 Å². The Balaban J connectivity index is 1.38. The van der Waals surface area contributed by atoms with Crippen LogP contribution in [0.2, 0.25) is 0 Å². The molecule has 0 bridgehead atoms. The molecule has 0 spiro atoms. The van der Waals surface area contributed by atoms with Gasteiger partial charge in [-0.15, -0.1) is 10.2 Å². The van der Waals surface area contributed by atoms with E-state index in [0.29, 0.717) is 24.1 Å². The zero-order chi connectivity index (χ0) is 24.7. The summed E-state index contributed by atoms with van der Waals surface area (Å²) < 4.78 is 13.3. The number of aryl methyl sites for hydroxylation is 3. The third-order valence-electron chi connectivity index (χ3n) is 5.77. The summed E-state index contributed by atoms with van der Waals surface area (Å²) in [5, 5.41) is 14.0. The number of benzene rings is 3. The Labute approximate surface area is 214 Å². The van der Waals surface area contributed by atoms with Crippen LogP contribution in [0.4, 0.5) is 0 Å². The quantitative estimate of drug-likeness (QED) is 0.216. The van der Waals surface area contributed by atoms with Crippen molar-refractivity contribution >= 4 is 11.8 Å². The maximum atomic E-state index is 5.62. The molecule has 0 atom stereocenters. The SMILES string of the molecule is CCOc1ccc(-n2c(CCc3ccccc3)nnc2SCc2nc(-c3ccccc3C)no2)cc1. The van der Waals surface area contributed by atoms with Crippen molar-refractivity contribution in [2.45, 2.75) is 37.6 Å². The van der Waals surface area contributed by atoms with Crippen LogP contribution in [0, 0.1) is 6.92 Å². The third-order valence-corrected chi connectivity index (χ3v) is 6.68. The second kappa shape index (κ2) is 11.2. The van der Waals surface area contributed by atoms with Gasteiger partial charge in [-0.2, -0.15) is 4.98 Å². The van der Waals surface area contributed by atoms with E-state index in [4.69, 9.17) is 9.26 Å². The first kappa shape index (κ1) is 23.8. The molecule has 0 N–H and O–H groups in total. The zero-order valence-electron chi connectivity index (χ0n) is 20.3. The molecule has 0 unspecified atom stereocenters. The van der Waals surface area contributed by atoms with Crippen LogP contribution in [0.5, 0.6) is 5.75 Å². The van der Waals surface area contributed by atoms with E-state index in [2.05, 4.69) is 49.2 Å². The number of nitrogens with zero attached hydrogens (tertiary/aromatic N) is 5. The van der Waals surface area contributed by atoms with Gasteiger partial charge in [-0.3, -0.25) is 4.57 Å². The molecule has 5 aromatic rings. The molecule has 0 aliphatic rings. The van der Waals surface area contributed by atoms with Crippen molar-refractivity contribution in [2.75, 3.05) is 6.61 Å². The molecular formula is C28H27N5O2S. The minimum Gasteiger partial charge on any atom is -0.494 e. The molecule has 0 amide bonds. The molecule has 182 valence electrons. The van der Waals surface area contributed by atoms with Crippen LogP contribution >= 0.6 is 11.8 Å². The minimum atomic E-state index is 0.493. The first-order chi connectivity index (χ1) is 17.7. The molecule has 0 fully saturated rings. The molecule has 0 aliphatic carbocycles. The van der Waals surface area contributed by atoms with Gasteiger partial charge in [0.15, 0.2) is 5.16 Å². The Hall–Kier alpha value is -3.91. The van der Waals surface area contributed by atoms with Crippen LogP contribution < -0.4 is 4.74 Å². The third kappa shape index (κ3) is 5.49. The van der Waals surface area contributed by atoms with E-state index in [1.54, 1.807) is 0 Å². The van der Waals surface area contributed by atoms with Crippen molar-refractivity contribution in [3.63, 3.8) is 0 Å². The van der Waals surface area contributed by atoms with E-state index in [9.17, 15) is 0 Å². The van der Waals surface area contributed by atoms with Crippen molar-refractivity contribution < 1.29 is 9.26 Å². The van der Waals surface area contributed by atoms with Crippen LogP contribution in [0.3, 0.4) is 0 Å². The van der Waals surface area contributed by atoms with Gasteiger partial charge in [0.25, 0.3) is 0 Å². The maximum Gasteiger partial charge on any atom is 0.237 e. The predicted octanol–water partition coefficient (Wildman–Crippen LogP) is 6.10. The van der Waals surface area contributed by atoms with Gasteiger partial charge in [0.05, 0.1) is 12.4 Å². The highest BCUT2D eigenvalue weighted by Gasteiger charge is 2.17. The van der Waals surface area contributed by atoms with Gasteiger partial charge in [-0.1, -0.05) is 71.5 Å². The first-order valence-corrected chi connectivity index (χ1v) is 12.9. The van der Waals surface area contributed by atoms with Gasteiger partial charge in [-0.05, 0) is 55.7 Å².